The van der Waals surface area contributed by atoms with Gasteiger partial charge in [0.1, 0.15) is 29.4 Å². The zero-order chi connectivity index (χ0) is 32.8. The van der Waals surface area contributed by atoms with Crippen molar-refractivity contribution in [1.29, 1.82) is 0 Å². The van der Waals surface area contributed by atoms with Crippen molar-refractivity contribution in [3.8, 4) is 5.75 Å². The van der Waals surface area contributed by atoms with Gasteiger partial charge in [-0.15, -0.1) is 0 Å². The molecule has 3 fully saturated rings. The van der Waals surface area contributed by atoms with Gasteiger partial charge in [0.05, 0.1) is 17.2 Å². The van der Waals surface area contributed by atoms with Crippen molar-refractivity contribution in [1.82, 2.24) is 14.2 Å². The molecule has 4 aliphatic heterocycles. The molecule has 0 unspecified atom stereocenters. The zero-order valence-corrected chi connectivity index (χ0v) is 26.4. The summed E-state index contributed by atoms with van der Waals surface area (Å²) in [5.41, 5.74) is 5.54. The fraction of sp³-hybridized carbons (Fsp3) is 0.552. The molecular weight excluding hydrogens is 650 g/mol. The van der Waals surface area contributed by atoms with Crippen LogP contribution < -0.4 is 20.3 Å². The number of fused-ring (bicyclic) bond motifs is 3. The van der Waals surface area contributed by atoms with Crippen molar-refractivity contribution in [2.45, 2.75) is 42.2 Å². The second-order valence-electron chi connectivity index (χ2n) is 11.7. The minimum Gasteiger partial charge on any atom is -0.489 e. The SMILES string of the molecule is NCCC(=O)N1CCC(C(F)(F)c2cc(Cl)nc(N3CCN(S(=O)(=O)c4ccc5c(c4)OC[C@@H]4[C@H](CO)OC(=O)N54)CC3)c2)CC1. The Morgan fingerprint density at radius 2 is 1.83 bits per heavy atom. The standard InChI is InChI=1S/C29H35ClF2N6O7S/c30-25-13-19(29(31,32)18-4-7-36(8-5-18)27(40)3-6-33)14-26(34-25)35-9-11-37(12-10-35)46(42,43)20-1-2-21-23(15-20)44-17-22-24(16-39)45-28(41)38(21)22/h1-2,13-15,18,22,24,39H,3-12,16-17,33H2/t22-,24+/m1/s1. The van der Waals surface area contributed by atoms with E-state index in [1.165, 1.54) is 33.5 Å². The predicted octanol–water partition coefficient (Wildman–Crippen LogP) is 2.00. The highest BCUT2D eigenvalue weighted by Gasteiger charge is 2.47. The lowest BCUT2D eigenvalue weighted by Gasteiger charge is -2.37. The summed E-state index contributed by atoms with van der Waals surface area (Å²) in [6.45, 7) is 0.837. The maximum Gasteiger partial charge on any atom is 0.415 e. The molecule has 1 aromatic carbocycles. The van der Waals surface area contributed by atoms with Gasteiger partial charge < -0.3 is 30.1 Å². The molecule has 5 heterocycles. The summed E-state index contributed by atoms with van der Waals surface area (Å²) in [5, 5.41) is 9.41. The Balaban J connectivity index is 1.12. The lowest BCUT2D eigenvalue weighted by molar-refractivity contribution is -0.136. The number of ether oxygens (including phenoxy) is 2. The number of hydrogen-bond donors (Lipinski definition) is 2. The highest BCUT2D eigenvalue weighted by atomic mass is 35.5. The second kappa shape index (κ2) is 12.7. The maximum absolute atomic E-state index is 15.7. The fourth-order valence-corrected chi connectivity index (χ4v) is 8.12. The zero-order valence-electron chi connectivity index (χ0n) is 24.9. The largest absolute Gasteiger partial charge is 0.489 e. The van der Waals surface area contributed by atoms with Gasteiger partial charge in [-0.25, -0.2) is 27.0 Å². The van der Waals surface area contributed by atoms with Crippen LogP contribution in [0.25, 0.3) is 0 Å². The number of nitrogens with two attached hydrogens (primary N) is 1. The minimum atomic E-state index is -3.97. The van der Waals surface area contributed by atoms with Crippen molar-refractivity contribution in [2.75, 3.05) is 68.8 Å². The number of halogens is 3. The van der Waals surface area contributed by atoms with Gasteiger partial charge in [-0.2, -0.15) is 4.31 Å². The van der Waals surface area contributed by atoms with Crippen molar-refractivity contribution < 1.29 is 41.4 Å². The van der Waals surface area contributed by atoms with Crippen LogP contribution in [0.2, 0.25) is 5.15 Å². The average molecular weight is 685 g/mol. The number of aromatic nitrogens is 1. The van der Waals surface area contributed by atoms with Crippen LogP contribution in [0.3, 0.4) is 0 Å². The molecule has 0 spiro atoms. The van der Waals surface area contributed by atoms with E-state index in [2.05, 4.69) is 4.98 Å². The number of benzene rings is 1. The van der Waals surface area contributed by atoms with Gasteiger partial charge in [-0.1, -0.05) is 11.6 Å². The summed E-state index contributed by atoms with van der Waals surface area (Å²) in [6, 6.07) is 6.16. The number of aliphatic hydroxyl groups excluding tert-OH is 1. The van der Waals surface area contributed by atoms with Gasteiger partial charge in [-0.3, -0.25) is 9.69 Å². The van der Waals surface area contributed by atoms with E-state index in [1.807, 2.05) is 0 Å². The third-order valence-electron chi connectivity index (χ3n) is 9.07. The number of pyridine rings is 1. The van der Waals surface area contributed by atoms with Crippen LogP contribution in [0.1, 0.15) is 24.8 Å². The summed E-state index contributed by atoms with van der Waals surface area (Å²) in [7, 11) is -3.97. The lowest BCUT2D eigenvalue weighted by Crippen LogP contribution is -2.49. The maximum atomic E-state index is 15.7. The molecule has 1 aromatic heterocycles. The number of rotatable bonds is 8. The molecule has 250 valence electrons. The van der Waals surface area contributed by atoms with E-state index in [4.69, 9.17) is 26.8 Å². The van der Waals surface area contributed by atoms with Gasteiger partial charge in [-0.05, 0) is 37.1 Å². The molecule has 3 saturated heterocycles. The van der Waals surface area contributed by atoms with Crippen molar-refractivity contribution in [3.05, 3.63) is 41.0 Å². The number of anilines is 2. The van der Waals surface area contributed by atoms with Crippen molar-refractivity contribution in [2.24, 2.45) is 11.7 Å². The Labute approximate surface area is 269 Å². The molecule has 4 aliphatic rings. The normalized spacial score (nSPS) is 22.7. The third-order valence-corrected chi connectivity index (χ3v) is 11.2. The van der Waals surface area contributed by atoms with E-state index in [0.29, 0.717) is 5.69 Å². The first-order chi connectivity index (χ1) is 21.9. The van der Waals surface area contributed by atoms with Gasteiger partial charge in [0.2, 0.25) is 15.9 Å². The summed E-state index contributed by atoms with van der Waals surface area (Å²) >= 11 is 6.21. The summed E-state index contributed by atoms with van der Waals surface area (Å²) in [5.74, 6) is -3.90. The Morgan fingerprint density at radius 3 is 2.50 bits per heavy atom. The summed E-state index contributed by atoms with van der Waals surface area (Å²) < 4.78 is 70.9. The van der Waals surface area contributed by atoms with Crippen LogP contribution in [0.4, 0.5) is 25.1 Å². The molecule has 2 aromatic rings. The molecule has 13 nitrogen and oxygen atoms in total. The van der Waals surface area contributed by atoms with Gasteiger partial charge >= 0.3 is 6.09 Å². The van der Waals surface area contributed by atoms with E-state index >= 15 is 8.78 Å². The number of sulfonamides is 1. The van der Waals surface area contributed by atoms with E-state index in [1.54, 1.807) is 9.80 Å². The number of aliphatic hydroxyl groups is 1. The minimum absolute atomic E-state index is 0.0250. The number of carbonyl (C=O) groups is 2. The highest BCUT2D eigenvalue weighted by molar-refractivity contribution is 7.89. The number of amides is 2. The topological polar surface area (TPSA) is 159 Å². The first kappa shape index (κ1) is 32.6. The Hall–Kier alpha value is -3.31. The smallest absolute Gasteiger partial charge is 0.415 e. The quantitative estimate of drug-likeness (QED) is 0.394. The Kier molecular flexibility index (Phi) is 9.02. The molecule has 17 heteroatoms. The van der Waals surface area contributed by atoms with Gasteiger partial charge in [0, 0.05) is 69.8 Å². The van der Waals surface area contributed by atoms with Crippen molar-refractivity contribution >= 4 is 45.1 Å². The van der Waals surface area contributed by atoms with E-state index in [0.717, 1.165) is 6.07 Å². The van der Waals surface area contributed by atoms with Gasteiger partial charge in [0.25, 0.3) is 5.92 Å². The number of carbonyl (C=O) groups excluding carboxylic acids is 2. The number of likely N-dealkylation sites (tertiary alicyclic amines) is 1. The molecule has 46 heavy (non-hydrogen) atoms. The number of hydrogen-bond acceptors (Lipinski definition) is 10. The molecule has 2 atom stereocenters. The predicted molar refractivity (Wildman–Crippen MR) is 163 cm³/mol. The van der Waals surface area contributed by atoms with Crippen LogP contribution in [-0.2, 0) is 25.5 Å². The average Bonchev–Trinajstić information content (AvgIpc) is 3.40. The molecule has 0 bridgehead atoms. The number of piperidine rings is 1. The van der Waals surface area contributed by atoms with Crippen LogP contribution >= 0.6 is 11.6 Å². The first-order valence-electron chi connectivity index (χ1n) is 15.1. The van der Waals surface area contributed by atoms with Crippen LogP contribution in [0.5, 0.6) is 5.75 Å². The Bertz CT molecular complexity index is 1600. The summed E-state index contributed by atoms with van der Waals surface area (Å²) in [4.78, 5) is 33.4. The second-order valence-corrected chi connectivity index (χ2v) is 14.1. The molecule has 2 amide bonds. The fourth-order valence-electron chi connectivity index (χ4n) is 6.48. The number of alkyl halides is 2. The van der Waals surface area contributed by atoms with Crippen LogP contribution in [0, 0.1) is 5.92 Å². The first-order valence-corrected chi connectivity index (χ1v) is 16.9. The molecule has 0 saturated carbocycles. The monoisotopic (exact) mass is 684 g/mol. The number of piperazine rings is 1. The van der Waals surface area contributed by atoms with Crippen LogP contribution in [-0.4, -0.2) is 111 Å². The number of nitrogens with zero attached hydrogens (tertiary/aromatic N) is 5. The molecule has 3 N–H and O–H groups in total. The van der Waals surface area contributed by atoms with Crippen LogP contribution in [0.15, 0.2) is 35.2 Å². The van der Waals surface area contributed by atoms with E-state index in [-0.39, 0.29) is 111 Å². The highest BCUT2D eigenvalue weighted by Crippen LogP contribution is 2.44. The third kappa shape index (κ3) is 5.96. The number of cyclic esters (lactones) is 1. The van der Waals surface area contributed by atoms with E-state index in [9.17, 15) is 23.1 Å². The molecule has 0 aliphatic carbocycles. The van der Waals surface area contributed by atoms with Gasteiger partial charge in [0.15, 0.2) is 6.10 Å². The van der Waals surface area contributed by atoms with Crippen molar-refractivity contribution in [3.63, 3.8) is 0 Å². The lowest BCUT2D eigenvalue weighted by atomic mass is 9.86. The molecule has 6 rings (SSSR count). The summed E-state index contributed by atoms with van der Waals surface area (Å²) in [6.07, 6.45) is -0.933. The molecular formula is C29H35ClF2N6O7S. The Morgan fingerprint density at radius 1 is 1.11 bits per heavy atom. The molecule has 0 radical (unpaired) electrons. The van der Waals surface area contributed by atoms with E-state index < -0.39 is 40.1 Å².